The standard InChI is InChI=1S/C17H16ClNO4S/c1-10-2-8-13(9-3-10)24(22,23)15-14(17(15,19)16(20)21)11-4-6-12(18)7-5-11/h2-9,14-15H,19H2,1H3,(H,20,21)/t14-,15-,17-/m0/s1. The molecule has 5 nitrogen and oxygen atoms in total. The highest BCUT2D eigenvalue weighted by Crippen LogP contribution is 2.55. The number of sulfone groups is 1. The Kier molecular flexibility index (Phi) is 3.94. The van der Waals surface area contributed by atoms with Crippen LogP contribution in [0.2, 0.25) is 5.02 Å². The minimum Gasteiger partial charge on any atom is -0.480 e. The van der Waals surface area contributed by atoms with Crippen LogP contribution in [0.5, 0.6) is 0 Å². The van der Waals surface area contributed by atoms with Crippen LogP contribution in [-0.4, -0.2) is 30.3 Å². The van der Waals surface area contributed by atoms with Crippen LogP contribution < -0.4 is 5.73 Å². The Bertz CT molecular complexity index is 893. The maximum atomic E-state index is 12.9. The molecule has 7 heteroatoms. The van der Waals surface area contributed by atoms with Gasteiger partial charge in [0.2, 0.25) is 0 Å². The number of halogens is 1. The van der Waals surface area contributed by atoms with E-state index in [4.69, 9.17) is 17.3 Å². The van der Waals surface area contributed by atoms with Gasteiger partial charge in [0.15, 0.2) is 9.84 Å². The van der Waals surface area contributed by atoms with Crippen LogP contribution in [-0.2, 0) is 14.6 Å². The van der Waals surface area contributed by atoms with Crippen LogP contribution in [0.15, 0.2) is 53.4 Å². The lowest BCUT2D eigenvalue weighted by Crippen LogP contribution is -2.39. The molecule has 24 heavy (non-hydrogen) atoms. The number of carbonyl (C=O) groups is 1. The van der Waals surface area contributed by atoms with Crippen molar-refractivity contribution in [1.82, 2.24) is 0 Å². The monoisotopic (exact) mass is 365 g/mol. The van der Waals surface area contributed by atoms with Gasteiger partial charge in [-0.3, -0.25) is 4.79 Å². The van der Waals surface area contributed by atoms with Gasteiger partial charge < -0.3 is 10.8 Å². The second-order valence-corrected chi connectivity index (χ2v) is 8.55. The highest BCUT2D eigenvalue weighted by atomic mass is 35.5. The third kappa shape index (κ3) is 2.51. The predicted octanol–water partition coefficient (Wildman–Crippen LogP) is 2.37. The van der Waals surface area contributed by atoms with Gasteiger partial charge in [0, 0.05) is 10.9 Å². The highest BCUT2D eigenvalue weighted by molar-refractivity contribution is 7.92. The Morgan fingerprint density at radius 1 is 1.12 bits per heavy atom. The lowest BCUT2D eigenvalue weighted by atomic mass is 10.1. The first-order valence-corrected chi connectivity index (χ1v) is 9.19. The molecule has 0 aliphatic heterocycles. The number of hydrogen-bond acceptors (Lipinski definition) is 4. The summed E-state index contributed by atoms with van der Waals surface area (Å²) >= 11 is 5.84. The molecule has 0 spiro atoms. The minimum absolute atomic E-state index is 0.0747. The first kappa shape index (κ1) is 17.0. The lowest BCUT2D eigenvalue weighted by Gasteiger charge is -2.07. The average Bonchev–Trinajstić information content (AvgIpc) is 3.17. The molecular formula is C17H16ClNO4S. The Hall–Kier alpha value is -1.89. The van der Waals surface area contributed by atoms with Gasteiger partial charge in [-0.25, -0.2) is 8.42 Å². The molecule has 0 unspecified atom stereocenters. The van der Waals surface area contributed by atoms with E-state index in [-0.39, 0.29) is 4.90 Å². The summed E-state index contributed by atoms with van der Waals surface area (Å²) in [7, 11) is -3.88. The van der Waals surface area contributed by atoms with E-state index in [2.05, 4.69) is 0 Å². The normalized spacial score (nSPS) is 26.1. The second kappa shape index (κ2) is 5.58. The van der Waals surface area contributed by atoms with Gasteiger partial charge in [0.25, 0.3) is 0 Å². The van der Waals surface area contributed by atoms with Gasteiger partial charge in [0.05, 0.1) is 4.90 Å². The van der Waals surface area contributed by atoms with E-state index in [0.717, 1.165) is 5.56 Å². The van der Waals surface area contributed by atoms with E-state index in [9.17, 15) is 18.3 Å². The minimum atomic E-state index is -3.88. The summed E-state index contributed by atoms with van der Waals surface area (Å²) < 4.78 is 25.8. The van der Waals surface area contributed by atoms with Gasteiger partial charge in [0.1, 0.15) is 10.8 Å². The smallest absolute Gasteiger partial charge is 0.325 e. The fourth-order valence-electron chi connectivity index (χ4n) is 3.06. The van der Waals surface area contributed by atoms with Crippen molar-refractivity contribution in [2.24, 2.45) is 5.73 Å². The van der Waals surface area contributed by atoms with Crippen LogP contribution in [0.4, 0.5) is 0 Å². The van der Waals surface area contributed by atoms with Crippen molar-refractivity contribution in [2.75, 3.05) is 0 Å². The Morgan fingerprint density at radius 2 is 1.67 bits per heavy atom. The van der Waals surface area contributed by atoms with Crippen molar-refractivity contribution in [2.45, 2.75) is 28.5 Å². The second-order valence-electron chi connectivity index (χ2n) is 6.05. The summed E-state index contributed by atoms with van der Waals surface area (Å²) in [5.41, 5.74) is 5.60. The molecule has 0 radical (unpaired) electrons. The van der Waals surface area contributed by atoms with Crippen molar-refractivity contribution in [3.8, 4) is 0 Å². The summed E-state index contributed by atoms with van der Waals surface area (Å²) in [6, 6.07) is 12.7. The van der Waals surface area contributed by atoms with Crippen LogP contribution >= 0.6 is 11.6 Å². The molecule has 0 bridgehead atoms. The number of carboxylic acid groups (broad SMARTS) is 1. The van der Waals surface area contributed by atoms with Crippen molar-refractivity contribution in [3.63, 3.8) is 0 Å². The van der Waals surface area contributed by atoms with Crippen molar-refractivity contribution < 1.29 is 18.3 Å². The largest absolute Gasteiger partial charge is 0.480 e. The van der Waals surface area contributed by atoms with E-state index in [0.29, 0.717) is 10.6 Å². The molecule has 126 valence electrons. The third-order valence-corrected chi connectivity index (χ3v) is 6.97. The van der Waals surface area contributed by atoms with Crippen LogP contribution in [0.25, 0.3) is 0 Å². The van der Waals surface area contributed by atoms with Crippen LogP contribution in [0.1, 0.15) is 17.0 Å². The van der Waals surface area contributed by atoms with E-state index in [1.807, 2.05) is 6.92 Å². The molecule has 0 saturated heterocycles. The number of nitrogens with two attached hydrogens (primary N) is 1. The molecule has 2 aromatic carbocycles. The van der Waals surface area contributed by atoms with Gasteiger partial charge >= 0.3 is 5.97 Å². The summed E-state index contributed by atoms with van der Waals surface area (Å²) in [5, 5.41) is 8.77. The molecule has 1 aliphatic rings. The van der Waals surface area contributed by atoms with Gasteiger partial charge in [-0.1, -0.05) is 41.4 Å². The first-order chi connectivity index (χ1) is 11.2. The molecule has 0 aromatic heterocycles. The Morgan fingerprint density at radius 3 is 2.17 bits per heavy atom. The quantitative estimate of drug-likeness (QED) is 0.866. The van der Waals surface area contributed by atoms with Gasteiger partial charge in [-0.2, -0.15) is 0 Å². The highest BCUT2D eigenvalue weighted by Gasteiger charge is 2.74. The zero-order chi connectivity index (χ0) is 17.7. The number of aryl methyl sites for hydroxylation is 1. The molecule has 0 heterocycles. The topological polar surface area (TPSA) is 97.5 Å². The van der Waals surface area contributed by atoms with Gasteiger partial charge in [-0.15, -0.1) is 0 Å². The van der Waals surface area contributed by atoms with Crippen molar-refractivity contribution >= 4 is 27.4 Å². The van der Waals surface area contributed by atoms with E-state index < -0.39 is 32.5 Å². The number of carboxylic acids is 1. The fourth-order valence-corrected chi connectivity index (χ4v) is 5.42. The molecule has 3 rings (SSSR count). The summed E-state index contributed by atoms with van der Waals surface area (Å²) in [6.07, 6.45) is 0. The number of rotatable bonds is 4. The summed E-state index contributed by atoms with van der Waals surface area (Å²) in [4.78, 5) is 11.7. The van der Waals surface area contributed by atoms with E-state index >= 15 is 0 Å². The summed E-state index contributed by atoms with van der Waals surface area (Å²) in [6.45, 7) is 1.84. The fraction of sp³-hybridized carbons (Fsp3) is 0.235. The molecule has 1 fully saturated rings. The Labute approximate surface area is 145 Å². The zero-order valence-corrected chi connectivity index (χ0v) is 14.4. The first-order valence-electron chi connectivity index (χ1n) is 7.27. The summed E-state index contributed by atoms with van der Waals surface area (Å²) in [5.74, 6) is -2.15. The van der Waals surface area contributed by atoms with Crippen LogP contribution in [0, 0.1) is 6.92 Å². The van der Waals surface area contributed by atoms with E-state index in [1.54, 1.807) is 36.4 Å². The van der Waals surface area contributed by atoms with Crippen LogP contribution in [0.3, 0.4) is 0 Å². The molecule has 2 aromatic rings. The molecule has 3 atom stereocenters. The zero-order valence-electron chi connectivity index (χ0n) is 12.8. The third-order valence-electron chi connectivity index (χ3n) is 4.46. The van der Waals surface area contributed by atoms with E-state index in [1.165, 1.54) is 12.1 Å². The molecular weight excluding hydrogens is 350 g/mol. The molecule has 1 saturated carbocycles. The number of aliphatic carboxylic acids is 1. The maximum absolute atomic E-state index is 12.9. The molecule has 3 N–H and O–H groups in total. The van der Waals surface area contributed by atoms with Crippen molar-refractivity contribution in [1.29, 1.82) is 0 Å². The molecule has 1 aliphatic carbocycles. The number of hydrogen-bond donors (Lipinski definition) is 2. The van der Waals surface area contributed by atoms with Gasteiger partial charge in [-0.05, 0) is 36.8 Å². The average molecular weight is 366 g/mol. The number of benzene rings is 2. The lowest BCUT2D eigenvalue weighted by molar-refractivity contribution is -0.139. The SMILES string of the molecule is Cc1ccc(S(=O)(=O)[C@H]2[C@H](c3ccc(Cl)cc3)[C@@]2(N)C(=O)O)cc1. The molecule has 0 amide bonds. The maximum Gasteiger partial charge on any atom is 0.325 e. The predicted molar refractivity (Wildman–Crippen MR) is 90.9 cm³/mol. The van der Waals surface area contributed by atoms with Crippen molar-refractivity contribution in [3.05, 3.63) is 64.7 Å². The Balaban J connectivity index is 2.06.